The number of hydrogen-bond acceptors (Lipinski definition) is 3. The van der Waals surface area contributed by atoms with Gasteiger partial charge in [0.2, 0.25) is 0 Å². The smallest absolute Gasteiger partial charge is 0.306 e. The standard InChI is InChI=1S/C11H23NO2/c1-8(2)9(3)14-10(13)6-7-11(4,5)12/h8-9H,6-7,12H2,1-5H3. The van der Waals surface area contributed by atoms with Crippen molar-refractivity contribution in [1.82, 2.24) is 0 Å². The van der Waals surface area contributed by atoms with Crippen molar-refractivity contribution < 1.29 is 9.53 Å². The zero-order valence-electron chi connectivity index (χ0n) is 9.96. The first-order valence-corrected chi connectivity index (χ1v) is 5.21. The largest absolute Gasteiger partial charge is 0.462 e. The van der Waals surface area contributed by atoms with Crippen LogP contribution in [-0.2, 0) is 9.53 Å². The van der Waals surface area contributed by atoms with E-state index in [-0.39, 0.29) is 17.6 Å². The van der Waals surface area contributed by atoms with Gasteiger partial charge in [0, 0.05) is 12.0 Å². The van der Waals surface area contributed by atoms with Crippen molar-refractivity contribution >= 4 is 5.97 Å². The van der Waals surface area contributed by atoms with Crippen LogP contribution in [0.5, 0.6) is 0 Å². The van der Waals surface area contributed by atoms with E-state index in [1.807, 2.05) is 34.6 Å². The molecule has 0 heterocycles. The third kappa shape index (κ3) is 6.89. The van der Waals surface area contributed by atoms with Crippen molar-refractivity contribution in [3.63, 3.8) is 0 Å². The molecule has 1 atom stereocenters. The summed E-state index contributed by atoms with van der Waals surface area (Å²) in [6, 6.07) is 0. The Labute approximate surface area is 87.0 Å². The SMILES string of the molecule is CC(C)C(C)OC(=O)CCC(C)(C)N. The molecule has 0 aliphatic heterocycles. The first kappa shape index (κ1) is 13.4. The summed E-state index contributed by atoms with van der Waals surface area (Å²) in [5.74, 6) is 0.217. The van der Waals surface area contributed by atoms with Crippen LogP contribution in [0.4, 0.5) is 0 Å². The van der Waals surface area contributed by atoms with Gasteiger partial charge in [0.1, 0.15) is 6.10 Å². The van der Waals surface area contributed by atoms with Gasteiger partial charge in [-0.2, -0.15) is 0 Å². The molecule has 0 saturated carbocycles. The van der Waals surface area contributed by atoms with Crippen LogP contribution in [0.1, 0.15) is 47.5 Å². The molecule has 2 N–H and O–H groups in total. The van der Waals surface area contributed by atoms with E-state index in [0.717, 1.165) is 0 Å². The molecule has 84 valence electrons. The third-order valence-electron chi connectivity index (χ3n) is 2.23. The summed E-state index contributed by atoms with van der Waals surface area (Å²) in [6.07, 6.45) is 1.06. The van der Waals surface area contributed by atoms with E-state index in [9.17, 15) is 4.79 Å². The topological polar surface area (TPSA) is 52.3 Å². The highest BCUT2D eigenvalue weighted by molar-refractivity contribution is 5.69. The van der Waals surface area contributed by atoms with E-state index < -0.39 is 0 Å². The number of ether oxygens (including phenoxy) is 1. The maximum Gasteiger partial charge on any atom is 0.306 e. The summed E-state index contributed by atoms with van der Waals surface area (Å²) in [6.45, 7) is 9.80. The Hall–Kier alpha value is -0.570. The quantitative estimate of drug-likeness (QED) is 0.693. The van der Waals surface area contributed by atoms with Gasteiger partial charge in [0.15, 0.2) is 0 Å². The van der Waals surface area contributed by atoms with Gasteiger partial charge in [-0.25, -0.2) is 0 Å². The Morgan fingerprint density at radius 1 is 1.36 bits per heavy atom. The zero-order valence-corrected chi connectivity index (χ0v) is 9.96. The minimum Gasteiger partial charge on any atom is -0.462 e. The highest BCUT2D eigenvalue weighted by atomic mass is 16.5. The summed E-state index contributed by atoms with van der Waals surface area (Å²) < 4.78 is 5.21. The molecule has 0 bridgehead atoms. The van der Waals surface area contributed by atoms with Crippen LogP contribution < -0.4 is 5.73 Å². The maximum atomic E-state index is 11.3. The van der Waals surface area contributed by atoms with E-state index in [4.69, 9.17) is 10.5 Å². The van der Waals surface area contributed by atoms with Crippen LogP contribution in [0.2, 0.25) is 0 Å². The predicted octanol–water partition coefficient (Wildman–Crippen LogP) is 2.09. The first-order valence-electron chi connectivity index (χ1n) is 5.21. The molecular weight excluding hydrogens is 178 g/mol. The van der Waals surface area contributed by atoms with Gasteiger partial charge in [0.25, 0.3) is 0 Å². The fourth-order valence-electron chi connectivity index (χ4n) is 0.827. The summed E-state index contributed by atoms with van der Waals surface area (Å²) in [4.78, 5) is 11.3. The monoisotopic (exact) mass is 201 g/mol. The van der Waals surface area contributed by atoms with Crippen molar-refractivity contribution in [2.75, 3.05) is 0 Å². The highest BCUT2D eigenvalue weighted by Gasteiger charge is 2.16. The lowest BCUT2D eigenvalue weighted by atomic mass is 10.0. The van der Waals surface area contributed by atoms with Gasteiger partial charge < -0.3 is 10.5 Å². The van der Waals surface area contributed by atoms with Gasteiger partial charge in [-0.3, -0.25) is 4.79 Å². The lowest BCUT2D eigenvalue weighted by molar-refractivity contribution is -0.150. The molecule has 0 fully saturated rings. The van der Waals surface area contributed by atoms with Crippen molar-refractivity contribution in [3.05, 3.63) is 0 Å². The second kappa shape index (κ2) is 5.35. The maximum absolute atomic E-state index is 11.3. The molecule has 0 aromatic carbocycles. The molecule has 0 aromatic rings. The third-order valence-corrected chi connectivity index (χ3v) is 2.23. The van der Waals surface area contributed by atoms with Crippen LogP contribution in [0.15, 0.2) is 0 Å². The molecule has 3 heteroatoms. The molecule has 0 aliphatic carbocycles. The Balaban J connectivity index is 3.77. The molecule has 0 rings (SSSR count). The molecular formula is C11H23NO2. The molecule has 0 radical (unpaired) electrons. The van der Waals surface area contributed by atoms with Crippen LogP contribution in [-0.4, -0.2) is 17.6 Å². The zero-order chi connectivity index (χ0) is 11.4. The lowest BCUT2D eigenvalue weighted by Crippen LogP contribution is -2.33. The summed E-state index contributed by atoms with van der Waals surface area (Å²) in [5, 5.41) is 0. The fraction of sp³-hybridized carbons (Fsp3) is 0.909. The van der Waals surface area contributed by atoms with E-state index in [2.05, 4.69) is 0 Å². The number of esters is 1. The molecule has 0 amide bonds. The predicted molar refractivity (Wildman–Crippen MR) is 57.9 cm³/mol. The van der Waals surface area contributed by atoms with E-state index >= 15 is 0 Å². The van der Waals surface area contributed by atoms with Crippen molar-refractivity contribution in [1.29, 1.82) is 0 Å². The average molecular weight is 201 g/mol. The number of carbonyl (C=O) groups excluding carboxylic acids is 1. The van der Waals surface area contributed by atoms with Gasteiger partial charge in [0.05, 0.1) is 0 Å². The lowest BCUT2D eigenvalue weighted by Gasteiger charge is -2.20. The number of carbonyl (C=O) groups is 1. The second-order valence-corrected chi connectivity index (χ2v) is 4.93. The summed E-state index contributed by atoms with van der Waals surface area (Å²) >= 11 is 0. The Kier molecular flexibility index (Phi) is 5.13. The van der Waals surface area contributed by atoms with Gasteiger partial charge in [-0.1, -0.05) is 13.8 Å². The van der Waals surface area contributed by atoms with Crippen molar-refractivity contribution in [2.24, 2.45) is 11.7 Å². The fourth-order valence-corrected chi connectivity index (χ4v) is 0.827. The van der Waals surface area contributed by atoms with Crippen LogP contribution in [0.25, 0.3) is 0 Å². The summed E-state index contributed by atoms with van der Waals surface area (Å²) in [5.41, 5.74) is 5.48. The molecule has 14 heavy (non-hydrogen) atoms. The average Bonchev–Trinajstić information content (AvgIpc) is 1.99. The minimum atomic E-state index is -0.292. The number of hydrogen-bond donors (Lipinski definition) is 1. The Bertz CT molecular complexity index is 182. The van der Waals surface area contributed by atoms with E-state index in [1.165, 1.54) is 0 Å². The van der Waals surface area contributed by atoms with Gasteiger partial charge in [-0.15, -0.1) is 0 Å². The molecule has 0 aliphatic rings. The van der Waals surface area contributed by atoms with Gasteiger partial charge in [-0.05, 0) is 33.1 Å². The van der Waals surface area contributed by atoms with Crippen molar-refractivity contribution in [3.8, 4) is 0 Å². The second-order valence-electron chi connectivity index (χ2n) is 4.93. The molecule has 1 unspecified atom stereocenters. The molecule has 0 aromatic heterocycles. The summed E-state index contributed by atoms with van der Waals surface area (Å²) in [7, 11) is 0. The van der Waals surface area contributed by atoms with Gasteiger partial charge >= 0.3 is 5.97 Å². The normalized spacial score (nSPS) is 14.2. The van der Waals surface area contributed by atoms with Crippen molar-refractivity contribution in [2.45, 2.75) is 59.1 Å². The number of rotatable bonds is 5. The minimum absolute atomic E-state index is 0.0108. The highest BCUT2D eigenvalue weighted by Crippen LogP contribution is 2.11. The van der Waals surface area contributed by atoms with E-state index in [1.54, 1.807) is 0 Å². The van der Waals surface area contributed by atoms with Crippen LogP contribution in [0, 0.1) is 5.92 Å². The van der Waals surface area contributed by atoms with E-state index in [0.29, 0.717) is 18.8 Å². The molecule has 0 spiro atoms. The Morgan fingerprint density at radius 3 is 2.21 bits per heavy atom. The van der Waals surface area contributed by atoms with Crippen LogP contribution >= 0.6 is 0 Å². The number of nitrogens with two attached hydrogens (primary N) is 1. The molecule has 3 nitrogen and oxygen atoms in total. The van der Waals surface area contributed by atoms with Crippen LogP contribution in [0.3, 0.4) is 0 Å². The first-order chi connectivity index (χ1) is 6.22. The molecule has 0 saturated heterocycles. The Morgan fingerprint density at radius 2 is 1.86 bits per heavy atom.